The largest absolute Gasteiger partial charge is 0.462 e. The summed E-state index contributed by atoms with van der Waals surface area (Å²) in [5.74, 6) is 0.453. The molecule has 2 saturated heterocycles. The Bertz CT molecular complexity index is 321. The molecule has 0 radical (unpaired) electrons. The van der Waals surface area contributed by atoms with E-state index in [2.05, 4.69) is 21.6 Å². The number of likely N-dealkylation sites (tertiary alicyclic amines) is 2. The van der Waals surface area contributed by atoms with Gasteiger partial charge in [0.1, 0.15) is 11.4 Å². The lowest BCUT2D eigenvalue weighted by Gasteiger charge is -2.38. The fourth-order valence-electron chi connectivity index (χ4n) is 2.64. The fraction of sp³-hybridized carbons (Fsp3) is 0.875. The molecule has 2 aliphatic rings. The van der Waals surface area contributed by atoms with Crippen molar-refractivity contribution in [2.24, 2.45) is 0 Å². The second kappa shape index (κ2) is 8.49. The third-order valence-electron chi connectivity index (χ3n) is 3.96. The van der Waals surface area contributed by atoms with Gasteiger partial charge in [-0.2, -0.15) is 0 Å². The fourth-order valence-corrected chi connectivity index (χ4v) is 2.64. The van der Waals surface area contributed by atoms with Crippen molar-refractivity contribution in [1.29, 1.82) is 0 Å². The average Bonchev–Trinajstić information content (AvgIpc) is 2.40. The number of piperidine rings is 2. The summed E-state index contributed by atoms with van der Waals surface area (Å²) in [6, 6.07) is 0.749. The Morgan fingerprint density at radius 3 is 2.00 bits per heavy atom. The molecular weight excluding hydrogens is 268 g/mol. The van der Waals surface area contributed by atoms with Gasteiger partial charge in [0.2, 0.25) is 0 Å². The number of hydrogen-bond donors (Lipinski definition) is 0. The first kappa shape index (κ1) is 18.1. The Hall–Kier alpha value is -0.940. The van der Waals surface area contributed by atoms with Gasteiger partial charge in [0, 0.05) is 32.0 Å². The SMILES string of the molecule is CC(C)(C)OC=O.CN1CCC(N2CCC(=O)CC2)CC1. The molecular formula is C16H30N2O3. The summed E-state index contributed by atoms with van der Waals surface area (Å²) in [7, 11) is 2.19. The van der Waals surface area contributed by atoms with E-state index in [9.17, 15) is 9.59 Å². The van der Waals surface area contributed by atoms with Gasteiger partial charge < -0.3 is 9.64 Å². The Labute approximate surface area is 128 Å². The minimum atomic E-state index is -0.318. The quantitative estimate of drug-likeness (QED) is 0.726. The normalized spacial score (nSPS) is 22.4. The highest BCUT2D eigenvalue weighted by Gasteiger charge is 2.26. The second-order valence-corrected chi connectivity index (χ2v) is 6.94. The zero-order valence-corrected chi connectivity index (χ0v) is 13.9. The van der Waals surface area contributed by atoms with E-state index >= 15 is 0 Å². The van der Waals surface area contributed by atoms with Crippen molar-refractivity contribution in [3.05, 3.63) is 0 Å². The van der Waals surface area contributed by atoms with Crippen molar-refractivity contribution in [2.45, 2.75) is 58.1 Å². The van der Waals surface area contributed by atoms with Crippen molar-refractivity contribution >= 4 is 12.3 Å². The average molecular weight is 298 g/mol. The van der Waals surface area contributed by atoms with Gasteiger partial charge in [-0.05, 0) is 53.8 Å². The van der Waals surface area contributed by atoms with Gasteiger partial charge in [-0.15, -0.1) is 0 Å². The number of carbonyl (C=O) groups excluding carboxylic acids is 2. The van der Waals surface area contributed by atoms with E-state index in [0.29, 0.717) is 12.3 Å². The number of Topliss-reactive ketones (excluding diaryl/α,β-unsaturated/α-hetero) is 1. The first-order valence-corrected chi connectivity index (χ1v) is 7.87. The predicted molar refractivity (Wildman–Crippen MR) is 83.2 cm³/mol. The predicted octanol–water partition coefficient (Wildman–Crippen LogP) is 1.70. The smallest absolute Gasteiger partial charge is 0.293 e. The van der Waals surface area contributed by atoms with Gasteiger partial charge in [-0.25, -0.2) is 0 Å². The maximum atomic E-state index is 11.1. The molecule has 0 amide bonds. The third-order valence-corrected chi connectivity index (χ3v) is 3.96. The van der Waals surface area contributed by atoms with Gasteiger partial charge in [-0.3, -0.25) is 14.5 Å². The van der Waals surface area contributed by atoms with Crippen LogP contribution in [0.25, 0.3) is 0 Å². The van der Waals surface area contributed by atoms with E-state index < -0.39 is 0 Å². The summed E-state index contributed by atoms with van der Waals surface area (Å²) in [5, 5.41) is 0. The van der Waals surface area contributed by atoms with Gasteiger partial charge in [0.15, 0.2) is 0 Å². The monoisotopic (exact) mass is 298 g/mol. The van der Waals surface area contributed by atoms with Crippen LogP contribution in [0.15, 0.2) is 0 Å². The molecule has 122 valence electrons. The molecule has 0 unspecified atom stereocenters. The van der Waals surface area contributed by atoms with Crippen LogP contribution in [-0.2, 0) is 14.3 Å². The summed E-state index contributed by atoms with van der Waals surface area (Å²) < 4.78 is 4.55. The Morgan fingerprint density at radius 1 is 1.10 bits per heavy atom. The van der Waals surface area contributed by atoms with Gasteiger partial charge in [-0.1, -0.05) is 0 Å². The van der Waals surface area contributed by atoms with Crippen molar-refractivity contribution in [2.75, 3.05) is 33.2 Å². The van der Waals surface area contributed by atoms with Crippen molar-refractivity contribution < 1.29 is 14.3 Å². The van der Waals surface area contributed by atoms with Crippen LogP contribution >= 0.6 is 0 Å². The van der Waals surface area contributed by atoms with Crippen LogP contribution in [-0.4, -0.2) is 66.9 Å². The van der Waals surface area contributed by atoms with E-state index in [1.807, 2.05) is 20.8 Å². The molecule has 0 aromatic rings. The summed E-state index contributed by atoms with van der Waals surface area (Å²) in [5.41, 5.74) is -0.318. The van der Waals surface area contributed by atoms with Crippen LogP contribution in [0, 0.1) is 0 Å². The third kappa shape index (κ3) is 7.58. The first-order valence-electron chi connectivity index (χ1n) is 7.87. The summed E-state index contributed by atoms with van der Waals surface area (Å²) >= 11 is 0. The lowest BCUT2D eigenvalue weighted by atomic mass is 10.00. The maximum absolute atomic E-state index is 11.1. The summed E-state index contributed by atoms with van der Waals surface area (Å²) in [6.07, 6.45) is 4.13. The van der Waals surface area contributed by atoms with E-state index in [1.165, 1.54) is 25.9 Å². The highest BCUT2D eigenvalue weighted by molar-refractivity contribution is 5.79. The number of ketones is 1. The molecule has 0 atom stereocenters. The number of ether oxygens (including phenoxy) is 1. The Morgan fingerprint density at radius 2 is 1.62 bits per heavy atom. The zero-order chi connectivity index (χ0) is 15.9. The van der Waals surface area contributed by atoms with Crippen molar-refractivity contribution in [1.82, 2.24) is 9.80 Å². The van der Waals surface area contributed by atoms with E-state index in [4.69, 9.17) is 0 Å². The number of hydrogen-bond acceptors (Lipinski definition) is 5. The Balaban J connectivity index is 0.000000270. The molecule has 0 saturated carbocycles. The van der Waals surface area contributed by atoms with Crippen LogP contribution in [0.5, 0.6) is 0 Å². The molecule has 2 heterocycles. The van der Waals surface area contributed by atoms with Crippen LogP contribution in [0.2, 0.25) is 0 Å². The van der Waals surface area contributed by atoms with Crippen molar-refractivity contribution in [3.63, 3.8) is 0 Å². The van der Waals surface area contributed by atoms with Crippen LogP contribution in [0.3, 0.4) is 0 Å². The molecule has 5 heteroatoms. The minimum Gasteiger partial charge on any atom is -0.462 e. The van der Waals surface area contributed by atoms with E-state index in [0.717, 1.165) is 32.0 Å². The van der Waals surface area contributed by atoms with E-state index in [-0.39, 0.29) is 5.60 Å². The lowest BCUT2D eigenvalue weighted by Crippen LogP contribution is -2.47. The van der Waals surface area contributed by atoms with E-state index in [1.54, 1.807) is 0 Å². The first-order chi connectivity index (χ1) is 9.81. The number of nitrogens with zero attached hydrogens (tertiary/aromatic N) is 2. The molecule has 0 aromatic carbocycles. The second-order valence-electron chi connectivity index (χ2n) is 6.94. The van der Waals surface area contributed by atoms with Crippen molar-refractivity contribution in [3.8, 4) is 0 Å². The Kier molecular flexibility index (Phi) is 7.32. The highest BCUT2D eigenvalue weighted by Crippen LogP contribution is 2.18. The molecule has 5 nitrogen and oxygen atoms in total. The molecule has 0 N–H and O–H groups in total. The highest BCUT2D eigenvalue weighted by atomic mass is 16.5. The molecule has 2 aliphatic heterocycles. The standard InChI is InChI=1S/C11H20N2O.C5H10O2/c1-12-6-2-10(3-7-12)13-8-4-11(14)5-9-13;1-5(2,3)7-4-6/h10H,2-9H2,1H3;4H,1-3H3. The molecule has 0 spiro atoms. The summed E-state index contributed by atoms with van der Waals surface area (Å²) in [4.78, 5) is 25.6. The molecule has 0 aromatic heterocycles. The maximum Gasteiger partial charge on any atom is 0.293 e. The lowest BCUT2D eigenvalue weighted by molar-refractivity contribution is -0.138. The van der Waals surface area contributed by atoms with Gasteiger partial charge in [0.05, 0.1) is 0 Å². The molecule has 21 heavy (non-hydrogen) atoms. The number of carbonyl (C=O) groups is 2. The zero-order valence-electron chi connectivity index (χ0n) is 13.9. The molecule has 2 rings (SSSR count). The topological polar surface area (TPSA) is 49.9 Å². The van der Waals surface area contributed by atoms with Gasteiger partial charge >= 0.3 is 0 Å². The molecule has 2 fully saturated rings. The summed E-state index contributed by atoms with van der Waals surface area (Å²) in [6.45, 7) is 10.4. The molecule has 0 aliphatic carbocycles. The number of rotatable bonds is 2. The van der Waals surface area contributed by atoms with Crippen LogP contribution in [0.4, 0.5) is 0 Å². The van der Waals surface area contributed by atoms with Gasteiger partial charge in [0.25, 0.3) is 6.47 Å². The van der Waals surface area contributed by atoms with Crippen LogP contribution in [0.1, 0.15) is 46.5 Å². The molecule has 0 bridgehead atoms. The van der Waals surface area contributed by atoms with Crippen LogP contribution < -0.4 is 0 Å². The minimum absolute atomic E-state index is 0.318.